The predicted octanol–water partition coefficient (Wildman–Crippen LogP) is 6.81. The van der Waals surface area contributed by atoms with Gasteiger partial charge in [0.15, 0.2) is 0 Å². The molecule has 11 heteroatoms. The molecule has 43 heavy (non-hydrogen) atoms. The highest BCUT2D eigenvalue weighted by Gasteiger charge is 2.34. The fraction of sp³-hybridized carbons (Fsp3) is 0.125. The Kier molecular flexibility index (Phi) is 8.75. The highest BCUT2D eigenvalue weighted by molar-refractivity contribution is 6.42. The Morgan fingerprint density at radius 2 is 1.63 bits per heavy atom. The fourth-order valence-electron chi connectivity index (χ4n) is 4.95. The van der Waals surface area contributed by atoms with E-state index < -0.39 is 42.1 Å². The lowest BCUT2D eigenvalue weighted by molar-refractivity contribution is -0.137. The summed E-state index contributed by atoms with van der Waals surface area (Å²) in [5.41, 5.74) is 2.01. The van der Waals surface area contributed by atoms with Crippen LogP contribution in [0.3, 0.4) is 0 Å². The monoisotopic (exact) mass is 619 g/mol. The molecule has 3 amide bonds. The van der Waals surface area contributed by atoms with Gasteiger partial charge in [0.25, 0.3) is 11.8 Å². The maximum absolute atomic E-state index is 13.9. The van der Waals surface area contributed by atoms with Crippen LogP contribution in [0.1, 0.15) is 56.8 Å². The molecular weight excluding hydrogens is 596 g/mol. The molecule has 218 valence electrons. The van der Waals surface area contributed by atoms with Gasteiger partial charge < -0.3 is 15.7 Å². The van der Waals surface area contributed by atoms with Crippen LogP contribution in [0.25, 0.3) is 0 Å². The van der Waals surface area contributed by atoms with E-state index in [-0.39, 0.29) is 39.2 Å². The summed E-state index contributed by atoms with van der Waals surface area (Å²) in [6.07, 6.45) is -0.505. The molecular formula is C32H24Cl2FN3O5. The van der Waals surface area contributed by atoms with E-state index in [2.05, 4.69) is 10.6 Å². The number of hydrogen-bond donors (Lipinski definition) is 3. The van der Waals surface area contributed by atoms with Gasteiger partial charge in [0.1, 0.15) is 5.82 Å². The van der Waals surface area contributed by atoms with Crippen molar-refractivity contribution in [3.05, 3.63) is 129 Å². The summed E-state index contributed by atoms with van der Waals surface area (Å²) in [7, 11) is 0. The number of carbonyl (C=O) groups excluding carboxylic acids is 3. The second-order valence-corrected chi connectivity index (χ2v) is 10.7. The topological polar surface area (TPSA) is 116 Å². The minimum atomic E-state index is -1.15. The third-order valence-corrected chi connectivity index (χ3v) is 7.75. The Morgan fingerprint density at radius 3 is 2.30 bits per heavy atom. The molecule has 1 aliphatic heterocycles. The molecule has 1 aliphatic rings. The summed E-state index contributed by atoms with van der Waals surface area (Å²) in [6, 6.07) is 21.5. The van der Waals surface area contributed by atoms with E-state index in [9.17, 15) is 28.7 Å². The predicted molar refractivity (Wildman–Crippen MR) is 161 cm³/mol. The van der Waals surface area contributed by atoms with Crippen molar-refractivity contribution in [2.24, 2.45) is 0 Å². The van der Waals surface area contributed by atoms with Gasteiger partial charge in [-0.05, 0) is 65.7 Å². The zero-order valence-corrected chi connectivity index (χ0v) is 23.9. The maximum Gasteiger partial charge on any atom is 0.305 e. The van der Waals surface area contributed by atoms with Crippen molar-refractivity contribution in [2.75, 3.05) is 10.2 Å². The van der Waals surface area contributed by atoms with Crippen molar-refractivity contribution in [1.29, 1.82) is 0 Å². The third kappa shape index (κ3) is 6.69. The zero-order chi connectivity index (χ0) is 30.7. The standard InChI is InChI=1S/C32H24Cl2FN3O5/c33-23-12-8-20(14-24(23)34)25(16-30(40)41)37-31(42)21-9-13-27-26(15-21)36-29(39)17-28(18-4-2-1-3-5-18)38(27)32(43)19-6-10-22(35)11-7-19/h1-15,25,28H,16-17H2,(H,36,39)(H,37,42)(H,40,41). The lowest BCUT2D eigenvalue weighted by Crippen LogP contribution is -2.35. The largest absolute Gasteiger partial charge is 0.481 e. The van der Waals surface area contributed by atoms with Crippen LogP contribution in [0.15, 0.2) is 91.0 Å². The number of nitrogens with one attached hydrogen (secondary N) is 2. The first-order valence-electron chi connectivity index (χ1n) is 13.2. The van der Waals surface area contributed by atoms with Gasteiger partial charge in [-0.25, -0.2) is 4.39 Å². The molecule has 5 rings (SSSR count). The first kappa shape index (κ1) is 29.8. The highest BCUT2D eigenvalue weighted by Crippen LogP contribution is 2.40. The first-order valence-corrected chi connectivity index (χ1v) is 13.9. The average molecular weight is 620 g/mol. The second-order valence-electron chi connectivity index (χ2n) is 9.89. The lowest BCUT2D eigenvalue weighted by atomic mass is 9.99. The number of nitrogens with zero attached hydrogens (tertiary/aromatic N) is 1. The van der Waals surface area contributed by atoms with Crippen LogP contribution in [-0.4, -0.2) is 28.8 Å². The molecule has 8 nitrogen and oxygen atoms in total. The molecule has 0 spiro atoms. The molecule has 0 saturated carbocycles. The number of amides is 3. The van der Waals surface area contributed by atoms with Crippen molar-refractivity contribution in [1.82, 2.24) is 5.32 Å². The number of halogens is 3. The van der Waals surface area contributed by atoms with Gasteiger partial charge in [-0.3, -0.25) is 24.1 Å². The first-order chi connectivity index (χ1) is 20.6. The van der Waals surface area contributed by atoms with Crippen LogP contribution >= 0.6 is 23.2 Å². The minimum absolute atomic E-state index is 0.0782. The van der Waals surface area contributed by atoms with Gasteiger partial charge in [-0.15, -0.1) is 0 Å². The van der Waals surface area contributed by atoms with Gasteiger partial charge in [0.05, 0.1) is 46.3 Å². The van der Waals surface area contributed by atoms with Gasteiger partial charge in [0, 0.05) is 11.1 Å². The zero-order valence-electron chi connectivity index (χ0n) is 22.4. The summed E-state index contributed by atoms with van der Waals surface area (Å²) >= 11 is 12.1. The second kappa shape index (κ2) is 12.6. The quantitative estimate of drug-likeness (QED) is 0.210. The number of benzene rings is 4. The van der Waals surface area contributed by atoms with Crippen molar-refractivity contribution in [2.45, 2.75) is 24.9 Å². The average Bonchev–Trinajstić information content (AvgIpc) is 3.13. The molecule has 0 radical (unpaired) electrons. The molecule has 2 unspecified atom stereocenters. The summed E-state index contributed by atoms with van der Waals surface area (Å²) in [4.78, 5) is 53.4. The summed E-state index contributed by atoms with van der Waals surface area (Å²) in [5, 5.41) is 15.5. The third-order valence-electron chi connectivity index (χ3n) is 7.01. The molecule has 0 fully saturated rings. The summed E-state index contributed by atoms with van der Waals surface area (Å²) in [6.45, 7) is 0. The smallest absolute Gasteiger partial charge is 0.305 e. The van der Waals surface area contributed by atoms with Gasteiger partial charge in [0.2, 0.25) is 5.91 Å². The van der Waals surface area contributed by atoms with Gasteiger partial charge in [-0.2, -0.15) is 0 Å². The van der Waals surface area contributed by atoms with E-state index in [1.54, 1.807) is 36.4 Å². The number of carbonyl (C=O) groups is 4. The van der Waals surface area contributed by atoms with E-state index in [0.29, 0.717) is 16.8 Å². The maximum atomic E-state index is 13.9. The summed E-state index contributed by atoms with van der Waals surface area (Å²) in [5.74, 6) is -3.12. The Morgan fingerprint density at radius 1 is 0.930 bits per heavy atom. The molecule has 0 saturated heterocycles. The van der Waals surface area contributed by atoms with Crippen LogP contribution < -0.4 is 15.5 Å². The van der Waals surface area contributed by atoms with E-state index in [1.165, 1.54) is 53.4 Å². The molecule has 4 aromatic rings. The van der Waals surface area contributed by atoms with E-state index in [1.807, 2.05) is 6.07 Å². The van der Waals surface area contributed by atoms with Gasteiger partial charge >= 0.3 is 5.97 Å². The van der Waals surface area contributed by atoms with E-state index in [4.69, 9.17) is 23.2 Å². The number of carboxylic acids is 1. The molecule has 0 aliphatic carbocycles. The fourth-order valence-corrected chi connectivity index (χ4v) is 5.25. The SMILES string of the molecule is O=C(O)CC(NC(=O)c1ccc2c(c1)NC(=O)CC(c1ccccc1)N2C(=O)c1ccc(F)cc1)c1ccc(Cl)c(Cl)c1. The molecule has 4 aromatic carbocycles. The highest BCUT2D eigenvalue weighted by atomic mass is 35.5. The van der Waals surface area contributed by atoms with Crippen LogP contribution in [0, 0.1) is 5.82 Å². The molecule has 1 heterocycles. The Labute approximate surface area is 256 Å². The molecule has 0 aromatic heterocycles. The molecule has 3 N–H and O–H groups in total. The van der Waals surface area contributed by atoms with Crippen molar-refractivity contribution >= 4 is 58.3 Å². The number of rotatable bonds is 7. The normalized spacial score (nSPS) is 15.1. The van der Waals surface area contributed by atoms with E-state index >= 15 is 0 Å². The van der Waals surface area contributed by atoms with Crippen LogP contribution in [-0.2, 0) is 9.59 Å². The minimum Gasteiger partial charge on any atom is -0.481 e. The van der Waals surface area contributed by atoms with Crippen molar-refractivity contribution in [3.63, 3.8) is 0 Å². The van der Waals surface area contributed by atoms with Crippen LogP contribution in [0.4, 0.5) is 15.8 Å². The Hall–Kier alpha value is -4.73. The molecule has 2 atom stereocenters. The number of aliphatic carboxylic acids is 1. The Balaban J connectivity index is 1.53. The van der Waals surface area contributed by atoms with E-state index in [0.717, 1.165) is 0 Å². The van der Waals surface area contributed by atoms with Crippen LogP contribution in [0.2, 0.25) is 10.0 Å². The van der Waals surface area contributed by atoms with Gasteiger partial charge in [-0.1, -0.05) is 59.6 Å². The lowest BCUT2D eigenvalue weighted by Gasteiger charge is -2.31. The number of hydrogen-bond acceptors (Lipinski definition) is 4. The molecule has 0 bridgehead atoms. The van der Waals surface area contributed by atoms with Crippen LogP contribution in [0.5, 0.6) is 0 Å². The van der Waals surface area contributed by atoms with Crippen molar-refractivity contribution in [3.8, 4) is 0 Å². The number of carboxylic acid groups (broad SMARTS) is 1. The number of fused-ring (bicyclic) bond motifs is 1. The van der Waals surface area contributed by atoms with Crippen molar-refractivity contribution < 1.29 is 28.7 Å². The Bertz CT molecular complexity index is 1720. The summed E-state index contributed by atoms with van der Waals surface area (Å²) < 4.78 is 13.7. The number of anilines is 2.